The second kappa shape index (κ2) is 14.8. The van der Waals surface area contributed by atoms with Gasteiger partial charge in [-0.25, -0.2) is 14.0 Å². The monoisotopic (exact) mass is 659 g/mol. The van der Waals surface area contributed by atoms with Gasteiger partial charge < -0.3 is 14.3 Å². The van der Waals surface area contributed by atoms with Crippen molar-refractivity contribution >= 4 is 63.1 Å². The molecule has 0 heterocycles. The third kappa shape index (κ3) is 8.89. The van der Waals surface area contributed by atoms with Crippen LogP contribution in [0.1, 0.15) is 31.8 Å². The first-order valence-electron chi connectivity index (χ1n) is 12.1. The lowest BCUT2D eigenvalue weighted by atomic mass is 10.1. The first-order valence-corrected chi connectivity index (χ1v) is 14.7. The molecule has 3 atom stereocenters. The maximum atomic E-state index is 15.5. The van der Waals surface area contributed by atoms with Crippen LogP contribution in [0.3, 0.4) is 0 Å². The average Bonchev–Trinajstić information content (AvgIpc) is 2.95. The van der Waals surface area contributed by atoms with Gasteiger partial charge in [0.2, 0.25) is 0 Å². The van der Waals surface area contributed by atoms with Gasteiger partial charge in [0.25, 0.3) is 10.1 Å². The van der Waals surface area contributed by atoms with E-state index in [0.717, 1.165) is 30.4 Å². The van der Waals surface area contributed by atoms with Crippen LogP contribution < -0.4 is 0 Å². The first kappa shape index (κ1) is 33.3. The van der Waals surface area contributed by atoms with Crippen LogP contribution in [0.4, 0.5) is 4.39 Å². The number of hydrogen-bond donors (Lipinski definition) is 0. The number of halogens is 4. The fraction of sp³-hybridized carbons (Fsp3) is 0.250. The van der Waals surface area contributed by atoms with Crippen LogP contribution in [0.15, 0.2) is 70.7 Å². The van der Waals surface area contributed by atoms with Crippen molar-refractivity contribution in [3.63, 3.8) is 0 Å². The lowest BCUT2D eigenvalue weighted by molar-refractivity contribution is -0.0478. The molecule has 0 aliphatic carbocycles. The Morgan fingerprint density at radius 2 is 1.40 bits per heavy atom. The Bertz CT molecular complexity index is 1550. The number of carbonyl (C=O) groups excluding carboxylic acids is 2. The van der Waals surface area contributed by atoms with Crippen LogP contribution in [0.5, 0.6) is 0 Å². The number of esters is 2. The minimum atomic E-state index is -4.85. The minimum absolute atomic E-state index is 0.0336. The summed E-state index contributed by atoms with van der Waals surface area (Å²) < 4.78 is 58.2. The zero-order valence-corrected chi connectivity index (χ0v) is 25.5. The van der Waals surface area contributed by atoms with E-state index in [1.165, 1.54) is 24.3 Å². The fourth-order valence-corrected chi connectivity index (χ4v) is 5.50. The van der Waals surface area contributed by atoms with Gasteiger partial charge in [0, 0.05) is 0 Å². The average molecular weight is 661 g/mol. The smallest absolute Gasteiger partial charge is 0.338 e. The highest BCUT2D eigenvalue weighted by atomic mass is 35.5. The summed E-state index contributed by atoms with van der Waals surface area (Å²) in [6, 6.07) is 14.4. The topological polar surface area (TPSA) is 118 Å². The van der Waals surface area contributed by atoms with E-state index in [0.29, 0.717) is 6.21 Å². The van der Waals surface area contributed by atoms with E-state index >= 15 is 4.39 Å². The second-order valence-corrected chi connectivity index (χ2v) is 11.6. The van der Waals surface area contributed by atoms with Crippen LogP contribution in [0.2, 0.25) is 15.1 Å². The molecule has 3 aromatic rings. The molecule has 0 aromatic heterocycles. The molecule has 0 saturated heterocycles. The number of hydrogen-bond acceptors (Lipinski definition) is 9. The molecule has 0 N–H and O–H groups in total. The SMILES string of the molecule is CO/N=C\[C@@H](F)[C@H](OC(=O)c1ccc(C)cc1)[C@@H](COC(=O)c1ccc(C)cc1)OS(=O)(=O)c1cc(Cl)c(Cl)cc1Cl. The maximum Gasteiger partial charge on any atom is 0.338 e. The highest BCUT2D eigenvalue weighted by Crippen LogP contribution is 2.33. The normalized spacial score (nSPS) is 13.8. The Kier molecular flexibility index (Phi) is 11.7. The molecule has 0 spiro atoms. The molecule has 0 radical (unpaired) electrons. The Morgan fingerprint density at radius 1 is 0.881 bits per heavy atom. The molecule has 9 nitrogen and oxygen atoms in total. The molecule has 0 amide bonds. The van der Waals surface area contributed by atoms with E-state index in [4.69, 9.17) is 48.5 Å². The van der Waals surface area contributed by atoms with Gasteiger partial charge in [-0.2, -0.15) is 8.42 Å². The van der Waals surface area contributed by atoms with Crippen molar-refractivity contribution in [2.24, 2.45) is 5.16 Å². The molecule has 14 heteroatoms. The highest BCUT2D eigenvalue weighted by molar-refractivity contribution is 7.87. The summed E-state index contributed by atoms with van der Waals surface area (Å²) in [6.45, 7) is 2.73. The van der Waals surface area contributed by atoms with E-state index in [9.17, 15) is 18.0 Å². The second-order valence-electron chi connectivity index (χ2n) is 8.87. The largest absolute Gasteiger partial charge is 0.459 e. The number of rotatable bonds is 12. The summed E-state index contributed by atoms with van der Waals surface area (Å²) in [5.41, 5.74) is 1.87. The van der Waals surface area contributed by atoms with E-state index in [1.54, 1.807) is 31.2 Å². The summed E-state index contributed by atoms with van der Waals surface area (Å²) in [5, 5.41) is 2.80. The Morgan fingerprint density at radius 3 is 1.95 bits per heavy atom. The van der Waals surface area contributed by atoms with Gasteiger partial charge in [0.05, 0.1) is 32.4 Å². The molecule has 3 rings (SSSR count). The molecule has 0 aliphatic rings. The quantitative estimate of drug-likeness (QED) is 0.0721. The van der Waals surface area contributed by atoms with E-state index in [1.807, 2.05) is 6.92 Å². The zero-order chi connectivity index (χ0) is 31.0. The van der Waals surface area contributed by atoms with Gasteiger partial charge >= 0.3 is 11.9 Å². The van der Waals surface area contributed by atoms with Crippen molar-refractivity contribution < 1.29 is 40.9 Å². The van der Waals surface area contributed by atoms with Crippen molar-refractivity contribution in [3.05, 3.63) is 98.0 Å². The first-order chi connectivity index (χ1) is 19.8. The van der Waals surface area contributed by atoms with Crippen molar-refractivity contribution in [2.75, 3.05) is 13.7 Å². The Balaban J connectivity index is 2.02. The van der Waals surface area contributed by atoms with Crippen LogP contribution in [-0.4, -0.2) is 58.7 Å². The summed E-state index contributed by atoms with van der Waals surface area (Å²) in [4.78, 5) is 29.6. The van der Waals surface area contributed by atoms with Crippen molar-refractivity contribution in [3.8, 4) is 0 Å². The number of ether oxygens (including phenoxy) is 2. The third-order valence-corrected chi connectivity index (χ3v) is 8.20. The van der Waals surface area contributed by atoms with Crippen LogP contribution in [0, 0.1) is 13.8 Å². The summed E-state index contributed by atoms with van der Waals surface area (Å²) >= 11 is 18.0. The Labute approximate surface area is 257 Å². The number of oxime groups is 1. The van der Waals surface area contributed by atoms with Crippen molar-refractivity contribution in [2.45, 2.75) is 37.1 Å². The zero-order valence-electron chi connectivity index (χ0n) is 22.4. The van der Waals surface area contributed by atoms with E-state index < -0.39 is 51.9 Å². The van der Waals surface area contributed by atoms with E-state index in [-0.39, 0.29) is 26.2 Å². The third-order valence-electron chi connectivity index (χ3n) is 5.68. The number of nitrogens with zero attached hydrogens (tertiary/aromatic N) is 1. The summed E-state index contributed by atoms with van der Waals surface area (Å²) in [6.07, 6.45) is -5.62. The number of aryl methyl sites for hydroxylation is 2. The van der Waals surface area contributed by atoms with Crippen molar-refractivity contribution in [1.29, 1.82) is 0 Å². The van der Waals surface area contributed by atoms with Crippen LogP contribution in [0.25, 0.3) is 0 Å². The van der Waals surface area contributed by atoms with Crippen LogP contribution in [-0.2, 0) is 28.6 Å². The highest BCUT2D eigenvalue weighted by Gasteiger charge is 2.39. The fourth-order valence-electron chi connectivity index (χ4n) is 3.45. The van der Waals surface area contributed by atoms with Gasteiger partial charge in [-0.05, 0) is 50.2 Å². The maximum absolute atomic E-state index is 15.5. The number of alkyl halides is 1. The molecule has 42 heavy (non-hydrogen) atoms. The number of carbonyl (C=O) groups is 2. The molecule has 0 aliphatic heterocycles. The molecular formula is C28H25Cl3FNO8S. The molecule has 3 aromatic carbocycles. The van der Waals surface area contributed by atoms with Gasteiger partial charge in [-0.1, -0.05) is 75.4 Å². The van der Waals surface area contributed by atoms with Gasteiger partial charge in [0.1, 0.15) is 18.6 Å². The summed E-state index contributed by atoms with van der Waals surface area (Å²) in [7, 11) is -3.71. The molecule has 0 unspecified atom stereocenters. The molecule has 0 saturated carbocycles. The standard InChI is InChI=1S/C28H25Cl3FNO8S/c1-16-4-8-18(9-5-16)27(34)39-15-24(41-42(36,37)25-13-21(30)20(29)12-22(25)31)26(23(32)14-33-38-3)40-28(35)19-10-6-17(2)7-11-19/h4-14,23-24,26H,15H2,1-3H3/b33-14-/t23-,24-,26+/m1/s1. The summed E-state index contributed by atoms with van der Waals surface area (Å²) in [5.74, 6) is -1.89. The van der Waals surface area contributed by atoms with Gasteiger partial charge in [-0.3, -0.25) is 4.18 Å². The molecular weight excluding hydrogens is 636 g/mol. The minimum Gasteiger partial charge on any atom is -0.459 e. The lowest BCUT2D eigenvalue weighted by Crippen LogP contribution is -2.45. The van der Waals surface area contributed by atoms with Gasteiger partial charge in [0.15, 0.2) is 18.4 Å². The van der Waals surface area contributed by atoms with Gasteiger partial charge in [-0.15, -0.1) is 0 Å². The molecule has 0 bridgehead atoms. The number of benzene rings is 3. The predicted molar refractivity (Wildman–Crippen MR) is 156 cm³/mol. The lowest BCUT2D eigenvalue weighted by Gasteiger charge is -2.27. The Hall–Kier alpha value is -3.22. The van der Waals surface area contributed by atoms with Crippen LogP contribution >= 0.6 is 34.8 Å². The molecule has 0 fully saturated rings. The van der Waals surface area contributed by atoms with E-state index in [2.05, 4.69) is 9.99 Å². The molecule has 224 valence electrons. The predicted octanol–water partition coefficient (Wildman–Crippen LogP) is 6.39. The van der Waals surface area contributed by atoms with Crippen molar-refractivity contribution in [1.82, 2.24) is 0 Å².